The summed E-state index contributed by atoms with van der Waals surface area (Å²) in [6.45, 7) is 6.51. The van der Waals surface area contributed by atoms with Gasteiger partial charge in [0.2, 0.25) is 0 Å². The van der Waals surface area contributed by atoms with E-state index in [1.807, 2.05) is 6.92 Å². The third kappa shape index (κ3) is 4.50. The molecule has 0 bridgehead atoms. The molecule has 3 unspecified atom stereocenters. The first-order valence-electron chi connectivity index (χ1n) is 8.18. The molecule has 2 rings (SSSR count). The van der Waals surface area contributed by atoms with E-state index in [4.69, 9.17) is 0 Å². The van der Waals surface area contributed by atoms with Gasteiger partial charge in [-0.1, -0.05) is 26.7 Å². The lowest BCUT2D eigenvalue weighted by atomic mass is 9.89. The van der Waals surface area contributed by atoms with Crippen molar-refractivity contribution in [2.75, 3.05) is 0 Å². The molecule has 1 nitrogen and oxygen atoms in total. The van der Waals surface area contributed by atoms with Gasteiger partial charge in [0.25, 0.3) is 0 Å². The standard InChI is InChI=1S/C18H27F2N/c1-12(2)14-5-4-6-16(9-7-14)21-13(3)17-11-15(19)8-10-18(17)20/h8,10-14,16,21H,4-7,9H2,1-3H3. The summed E-state index contributed by atoms with van der Waals surface area (Å²) in [6, 6.07) is 3.95. The van der Waals surface area contributed by atoms with E-state index >= 15 is 0 Å². The summed E-state index contributed by atoms with van der Waals surface area (Å²) in [5.74, 6) is 0.839. The molecule has 21 heavy (non-hydrogen) atoms. The van der Waals surface area contributed by atoms with E-state index in [9.17, 15) is 8.78 Å². The Balaban J connectivity index is 1.96. The van der Waals surface area contributed by atoms with E-state index in [2.05, 4.69) is 19.2 Å². The third-order valence-corrected chi connectivity index (χ3v) is 4.87. The maximum atomic E-state index is 13.8. The van der Waals surface area contributed by atoms with Crippen LogP contribution in [0.5, 0.6) is 0 Å². The van der Waals surface area contributed by atoms with Crippen LogP contribution in [0.4, 0.5) is 8.78 Å². The van der Waals surface area contributed by atoms with E-state index in [1.165, 1.54) is 37.5 Å². The average molecular weight is 295 g/mol. The van der Waals surface area contributed by atoms with E-state index in [1.54, 1.807) is 0 Å². The molecule has 1 N–H and O–H groups in total. The van der Waals surface area contributed by atoms with E-state index < -0.39 is 0 Å². The van der Waals surface area contributed by atoms with Crippen LogP contribution < -0.4 is 5.32 Å². The highest BCUT2D eigenvalue weighted by atomic mass is 19.1. The van der Waals surface area contributed by atoms with Gasteiger partial charge in [-0.3, -0.25) is 0 Å². The largest absolute Gasteiger partial charge is 0.307 e. The van der Waals surface area contributed by atoms with Gasteiger partial charge in [0.15, 0.2) is 0 Å². The monoisotopic (exact) mass is 295 g/mol. The smallest absolute Gasteiger partial charge is 0.128 e. The Bertz CT molecular complexity index is 459. The third-order valence-electron chi connectivity index (χ3n) is 4.87. The van der Waals surface area contributed by atoms with Crippen LogP contribution in [-0.2, 0) is 0 Å². The second-order valence-electron chi connectivity index (χ2n) is 6.76. The minimum Gasteiger partial charge on any atom is -0.307 e. The van der Waals surface area contributed by atoms with Crippen LogP contribution in [-0.4, -0.2) is 6.04 Å². The summed E-state index contributed by atoms with van der Waals surface area (Å²) in [6.07, 6.45) is 6.00. The van der Waals surface area contributed by atoms with E-state index in [-0.39, 0.29) is 17.7 Å². The number of hydrogen-bond acceptors (Lipinski definition) is 1. The molecule has 118 valence electrons. The number of nitrogens with one attached hydrogen (secondary N) is 1. The van der Waals surface area contributed by atoms with Crippen molar-refractivity contribution in [3.05, 3.63) is 35.4 Å². The highest BCUT2D eigenvalue weighted by molar-refractivity contribution is 5.21. The fraction of sp³-hybridized carbons (Fsp3) is 0.667. The summed E-state index contributed by atoms with van der Waals surface area (Å²) < 4.78 is 27.1. The van der Waals surface area contributed by atoms with Crippen LogP contribution in [0.15, 0.2) is 18.2 Å². The topological polar surface area (TPSA) is 12.0 Å². The van der Waals surface area contributed by atoms with Crippen molar-refractivity contribution in [3.8, 4) is 0 Å². The van der Waals surface area contributed by atoms with Crippen LogP contribution in [0.3, 0.4) is 0 Å². The Kier molecular flexibility index (Phi) is 5.74. The van der Waals surface area contributed by atoms with Crippen molar-refractivity contribution in [1.29, 1.82) is 0 Å². The van der Waals surface area contributed by atoms with Crippen LogP contribution in [0.2, 0.25) is 0 Å². The fourth-order valence-corrected chi connectivity index (χ4v) is 3.45. The predicted molar refractivity (Wildman–Crippen MR) is 83.1 cm³/mol. The zero-order valence-corrected chi connectivity index (χ0v) is 13.3. The van der Waals surface area contributed by atoms with Gasteiger partial charge in [-0.15, -0.1) is 0 Å². The van der Waals surface area contributed by atoms with Crippen LogP contribution >= 0.6 is 0 Å². The normalized spacial score (nSPS) is 24.9. The highest BCUT2D eigenvalue weighted by Crippen LogP contribution is 2.30. The van der Waals surface area contributed by atoms with Gasteiger partial charge >= 0.3 is 0 Å². The molecule has 0 amide bonds. The van der Waals surface area contributed by atoms with E-state index in [0.717, 1.165) is 24.7 Å². The van der Waals surface area contributed by atoms with E-state index in [0.29, 0.717) is 11.6 Å². The summed E-state index contributed by atoms with van der Waals surface area (Å²) in [5.41, 5.74) is 0.430. The molecule has 0 spiro atoms. The molecule has 0 radical (unpaired) electrons. The van der Waals surface area contributed by atoms with Crippen molar-refractivity contribution in [2.45, 2.75) is 65.0 Å². The summed E-state index contributed by atoms with van der Waals surface area (Å²) in [4.78, 5) is 0. The molecule has 1 saturated carbocycles. The van der Waals surface area contributed by atoms with Crippen molar-refractivity contribution in [2.24, 2.45) is 11.8 Å². The predicted octanol–water partition coefficient (Wildman–Crippen LogP) is 5.22. The zero-order chi connectivity index (χ0) is 15.4. The Morgan fingerprint density at radius 2 is 1.81 bits per heavy atom. The molecule has 1 aromatic carbocycles. The lowest BCUT2D eigenvalue weighted by Crippen LogP contribution is -2.31. The highest BCUT2D eigenvalue weighted by Gasteiger charge is 2.23. The lowest BCUT2D eigenvalue weighted by Gasteiger charge is -2.23. The first-order valence-corrected chi connectivity index (χ1v) is 8.18. The minimum absolute atomic E-state index is 0.152. The molecule has 1 aliphatic rings. The van der Waals surface area contributed by atoms with Gasteiger partial charge in [-0.25, -0.2) is 8.78 Å². The quantitative estimate of drug-likeness (QED) is 0.751. The maximum absolute atomic E-state index is 13.8. The Morgan fingerprint density at radius 1 is 1.05 bits per heavy atom. The lowest BCUT2D eigenvalue weighted by molar-refractivity contribution is 0.334. The van der Waals surface area contributed by atoms with Gasteiger partial charge < -0.3 is 5.32 Å². The molecule has 0 aromatic heterocycles. The number of benzene rings is 1. The number of rotatable bonds is 4. The van der Waals surface area contributed by atoms with Crippen LogP contribution in [0.25, 0.3) is 0 Å². The van der Waals surface area contributed by atoms with Crippen molar-refractivity contribution in [1.82, 2.24) is 5.32 Å². The van der Waals surface area contributed by atoms with Gasteiger partial charge in [0, 0.05) is 17.6 Å². The van der Waals surface area contributed by atoms with Crippen molar-refractivity contribution in [3.63, 3.8) is 0 Å². The first-order chi connectivity index (χ1) is 9.97. The van der Waals surface area contributed by atoms with Gasteiger partial charge in [-0.05, 0) is 56.2 Å². The van der Waals surface area contributed by atoms with Gasteiger partial charge in [0.1, 0.15) is 11.6 Å². The molecular weight excluding hydrogens is 268 g/mol. The van der Waals surface area contributed by atoms with Gasteiger partial charge in [-0.2, -0.15) is 0 Å². The molecule has 0 aliphatic heterocycles. The van der Waals surface area contributed by atoms with Crippen molar-refractivity contribution < 1.29 is 8.78 Å². The Morgan fingerprint density at radius 3 is 2.52 bits per heavy atom. The first kappa shape index (κ1) is 16.4. The fourth-order valence-electron chi connectivity index (χ4n) is 3.45. The second-order valence-corrected chi connectivity index (χ2v) is 6.76. The Hall–Kier alpha value is -0.960. The summed E-state index contributed by atoms with van der Waals surface area (Å²) in [5, 5.41) is 3.50. The molecule has 1 aliphatic carbocycles. The molecular formula is C18H27F2N. The number of hydrogen-bond donors (Lipinski definition) is 1. The molecule has 1 aromatic rings. The molecule has 0 saturated heterocycles. The van der Waals surface area contributed by atoms with Crippen LogP contribution in [0.1, 0.15) is 64.5 Å². The Labute approximate surface area is 127 Å². The maximum Gasteiger partial charge on any atom is 0.128 e. The van der Waals surface area contributed by atoms with Gasteiger partial charge in [0.05, 0.1) is 0 Å². The average Bonchev–Trinajstić information content (AvgIpc) is 2.67. The molecule has 1 fully saturated rings. The zero-order valence-electron chi connectivity index (χ0n) is 13.3. The second kappa shape index (κ2) is 7.35. The SMILES string of the molecule is CC(NC1CCCC(C(C)C)CC1)c1cc(F)ccc1F. The summed E-state index contributed by atoms with van der Waals surface area (Å²) >= 11 is 0. The molecule has 3 heteroatoms. The summed E-state index contributed by atoms with van der Waals surface area (Å²) in [7, 11) is 0. The molecule has 0 heterocycles. The molecule has 3 atom stereocenters. The minimum atomic E-state index is -0.374. The number of halogens is 2. The van der Waals surface area contributed by atoms with Crippen LogP contribution in [0, 0.1) is 23.5 Å². The van der Waals surface area contributed by atoms with Crippen molar-refractivity contribution >= 4 is 0 Å².